The number of hydrogen-bond acceptors (Lipinski definition) is 4. The third-order valence-electron chi connectivity index (χ3n) is 6.60. The molecule has 1 aliphatic carbocycles. The lowest BCUT2D eigenvalue weighted by atomic mass is 9.60. The first-order valence-electron chi connectivity index (χ1n) is 11.7. The minimum absolute atomic E-state index is 0.196. The van der Waals surface area contributed by atoms with Gasteiger partial charge in [-0.3, -0.25) is 0 Å². The van der Waals surface area contributed by atoms with E-state index in [-0.39, 0.29) is 5.82 Å². The fourth-order valence-electron chi connectivity index (χ4n) is 5.02. The third kappa shape index (κ3) is 5.44. The molecule has 0 unspecified atom stereocenters. The van der Waals surface area contributed by atoms with Gasteiger partial charge in [0.25, 0.3) is 0 Å². The fraction of sp³-hybridized carbons (Fsp3) is 0.481. The molecule has 0 bridgehead atoms. The number of rotatable bonds is 10. The lowest BCUT2D eigenvalue weighted by molar-refractivity contribution is -0.0941. The summed E-state index contributed by atoms with van der Waals surface area (Å²) in [7, 11) is 2.19. The van der Waals surface area contributed by atoms with E-state index in [0.29, 0.717) is 23.9 Å². The van der Waals surface area contributed by atoms with Crippen molar-refractivity contribution in [3.8, 4) is 5.75 Å². The molecule has 4 rings (SSSR count). The van der Waals surface area contributed by atoms with Crippen LogP contribution in [0.3, 0.4) is 0 Å². The summed E-state index contributed by atoms with van der Waals surface area (Å²) in [4.78, 5) is 4.76. The quantitative estimate of drug-likeness (QED) is 0.565. The Balaban J connectivity index is 1.36. The number of hydrogen-bond donors (Lipinski definition) is 1. The van der Waals surface area contributed by atoms with Crippen LogP contribution in [0, 0.1) is 17.2 Å². The van der Waals surface area contributed by atoms with Crippen molar-refractivity contribution in [1.82, 2.24) is 15.1 Å². The van der Waals surface area contributed by atoms with Crippen molar-refractivity contribution >= 4 is 0 Å². The first kappa shape index (κ1) is 22.7. The van der Waals surface area contributed by atoms with E-state index in [4.69, 9.17) is 4.74 Å². The normalized spacial score (nSPS) is 17.7. The molecular formula is C27H36FN3O. The largest absolute Gasteiger partial charge is 0.493 e. The molecule has 0 atom stereocenters. The summed E-state index contributed by atoms with van der Waals surface area (Å²) in [6.45, 7) is 13.2. The second kappa shape index (κ2) is 9.53. The molecule has 0 radical (unpaired) electrons. The summed E-state index contributed by atoms with van der Waals surface area (Å²) in [5.41, 5.74) is 2.79. The minimum atomic E-state index is -0.196. The van der Waals surface area contributed by atoms with E-state index in [2.05, 4.69) is 54.7 Å². The maximum absolute atomic E-state index is 13.4. The first-order chi connectivity index (χ1) is 15.3. The Morgan fingerprint density at radius 2 is 1.75 bits per heavy atom. The first-order valence-corrected chi connectivity index (χ1v) is 11.7. The molecule has 1 saturated heterocycles. The van der Waals surface area contributed by atoms with Gasteiger partial charge in [-0.2, -0.15) is 0 Å². The summed E-state index contributed by atoms with van der Waals surface area (Å²) in [6.07, 6.45) is 2.39. The van der Waals surface area contributed by atoms with Gasteiger partial charge in [0.2, 0.25) is 0 Å². The summed E-state index contributed by atoms with van der Waals surface area (Å²) >= 11 is 0. The molecule has 1 spiro atoms. The Hall–Kier alpha value is -2.53. The van der Waals surface area contributed by atoms with Crippen LogP contribution in [0.1, 0.15) is 37.8 Å². The molecular weight excluding hydrogens is 401 g/mol. The molecule has 0 amide bonds. The van der Waals surface area contributed by atoms with Crippen LogP contribution in [0.2, 0.25) is 0 Å². The molecule has 0 aromatic heterocycles. The van der Waals surface area contributed by atoms with Crippen LogP contribution in [0.4, 0.5) is 4.39 Å². The average Bonchev–Trinajstić information content (AvgIpc) is 2.72. The van der Waals surface area contributed by atoms with Gasteiger partial charge in [0.1, 0.15) is 11.6 Å². The van der Waals surface area contributed by atoms with E-state index in [1.54, 1.807) is 0 Å². The molecule has 1 aliphatic heterocycles. The van der Waals surface area contributed by atoms with Gasteiger partial charge in [0, 0.05) is 32.2 Å². The van der Waals surface area contributed by atoms with Crippen LogP contribution >= 0.6 is 0 Å². The van der Waals surface area contributed by atoms with Crippen LogP contribution < -0.4 is 10.1 Å². The summed E-state index contributed by atoms with van der Waals surface area (Å²) in [6, 6.07) is 15.5. The van der Waals surface area contributed by atoms with Crippen LogP contribution in [0.15, 0.2) is 60.9 Å². The second-order valence-corrected chi connectivity index (χ2v) is 10.1. The molecule has 2 fully saturated rings. The number of benzene rings is 2. The molecule has 5 heteroatoms. The van der Waals surface area contributed by atoms with Crippen LogP contribution in [0.5, 0.6) is 5.75 Å². The second-order valence-electron chi connectivity index (χ2n) is 10.1. The van der Waals surface area contributed by atoms with Gasteiger partial charge in [-0.1, -0.05) is 44.7 Å². The highest BCUT2D eigenvalue weighted by atomic mass is 19.1. The van der Waals surface area contributed by atoms with Crippen LogP contribution in [-0.4, -0.2) is 42.6 Å². The summed E-state index contributed by atoms with van der Waals surface area (Å²) in [5.74, 6) is 2.15. The highest BCUT2D eigenvalue weighted by molar-refractivity contribution is 5.27. The van der Waals surface area contributed by atoms with E-state index in [1.807, 2.05) is 24.3 Å². The number of nitrogens with one attached hydrogen (secondary N) is 1. The minimum Gasteiger partial charge on any atom is -0.493 e. The Kier molecular flexibility index (Phi) is 6.75. The van der Waals surface area contributed by atoms with E-state index < -0.39 is 0 Å². The monoisotopic (exact) mass is 437 g/mol. The van der Waals surface area contributed by atoms with Gasteiger partial charge in [0.05, 0.1) is 12.4 Å². The van der Waals surface area contributed by atoms with Gasteiger partial charge in [0.15, 0.2) is 0 Å². The highest BCUT2D eigenvalue weighted by Gasteiger charge is 2.52. The Morgan fingerprint density at radius 3 is 2.34 bits per heavy atom. The average molecular weight is 438 g/mol. The van der Waals surface area contributed by atoms with Crippen molar-refractivity contribution in [2.75, 3.05) is 26.7 Å². The predicted molar refractivity (Wildman–Crippen MR) is 128 cm³/mol. The number of likely N-dealkylation sites (tertiary alicyclic amines) is 1. The van der Waals surface area contributed by atoms with Crippen molar-refractivity contribution in [2.45, 2.75) is 45.8 Å². The van der Waals surface area contributed by atoms with Gasteiger partial charge in [-0.25, -0.2) is 4.39 Å². The smallest absolute Gasteiger partial charge is 0.123 e. The third-order valence-corrected chi connectivity index (χ3v) is 6.60. The maximum Gasteiger partial charge on any atom is 0.123 e. The standard InChI is InChI=1S/C27H36FN3O/c1-20(2)17-32-26-11-7-22(8-12-26)15-29-21(3)31(16-23-5-9-24(28)10-6-23)25-13-27(14-25)18-30(4)19-27/h5-12,20,25,29H,3,13-19H2,1-2,4H3. The number of nitrogens with zero attached hydrogens (tertiary/aromatic N) is 2. The lowest BCUT2D eigenvalue weighted by Gasteiger charge is -2.60. The van der Waals surface area contributed by atoms with Crippen molar-refractivity contribution in [3.63, 3.8) is 0 Å². The van der Waals surface area contributed by atoms with Crippen molar-refractivity contribution < 1.29 is 9.13 Å². The maximum atomic E-state index is 13.4. The summed E-state index contributed by atoms with van der Waals surface area (Å²) < 4.78 is 19.2. The molecule has 1 N–H and O–H groups in total. The van der Waals surface area contributed by atoms with Crippen molar-refractivity contribution in [2.24, 2.45) is 11.3 Å². The number of halogens is 1. The van der Waals surface area contributed by atoms with Gasteiger partial charge in [-0.05, 0) is 66.6 Å². The Morgan fingerprint density at radius 1 is 1.12 bits per heavy atom. The Bertz CT molecular complexity index is 896. The molecule has 172 valence electrons. The molecule has 2 aliphatic rings. The van der Waals surface area contributed by atoms with Crippen molar-refractivity contribution in [1.29, 1.82) is 0 Å². The molecule has 4 nitrogen and oxygen atoms in total. The fourth-order valence-corrected chi connectivity index (χ4v) is 5.02. The summed E-state index contributed by atoms with van der Waals surface area (Å²) in [5, 5.41) is 3.53. The zero-order valence-electron chi connectivity index (χ0n) is 19.6. The molecule has 1 heterocycles. The van der Waals surface area contributed by atoms with E-state index in [9.17, 15) is 4.39 Å². The Labute approximate surface area is 192 Å². The molecule has 32 heavy (non-hydrogen) atoms. The molecule has 1 saturated carbocycles. The van der Waals surface area contributed by atoms with Gasteiger partial charge in [-0.15, -0.1) is 0 Å². The zero-order chi connectivity index (χ0) is 22.7. The van der Waals surface area contributed by atoms with E-state index in [0.717, 1.165) is 30.3 Å². The highest BCUT2D eigenvalue weighted by Crippen LogP contribution is 2.50. The van der Waals surface area contributed by atoms with Crippen LogP contribution in [0.25, 0.3) is 0 Å². The van der Waals surface area contributed by atoms with E-state index >= 15 is 0 Å². The predicted octanol–water partition coefficient (Wildman–Crippen LogP) is 5.02. The number of ether oxygens (including phenoxy) is 1. The molecule has 2 aromatic rings. The SMILES string of the molecule is C=C(NCc1ccc(OCC(C)C)cc1)N(Cc1ccc(F)cc1)C1CC2(C1)CN(C)C2. The van der Waals surface area contributed by atoms with Crippen LogP contribution in [-0.2, 0) is 13.1 Å². The zero-order valence-corrected chi connectivity index (χ0v) is 19.6. The van der Waals surface area contributed by atoms with Gasteiger partial charge < -0.3 is 19.9 Å². The lowest BCUT2D eigenvalue weighted by Crippen LogP contribution is -2.65. The molecule has 2 aromatic carbocycles. The topological polar surface area (TPSA) is 27.7 Å². The van der Waals surface area contributed by atoms with Gasteiger partial charge >= 0.3 is 0 Å². The van der Waals surface area contributed by atoms with E-state index in [1.165, 1.54) is 43.6 Å². The van der Waals surface area contributed by atoms with Crippen molar-refractivity contribution in [3.05, 3.63) is 77.9 Å².